The Bertz CT molecular complexity index is 2650. The molecule has 12 nitrogen and oxygen atoms in total. The van der Waals surface area contributed by atoms with Gasteiger partial charge in [0.1, 0.15) is 34.6 Å². The molecule has 0 saturated heterocycles. The number of benzene rings is 4. The maximum atomic E-state index is 14.0. The summed E-state index contributed by atoms with van der Waals surface area (Å²) in [5.41, 5.74) is 2.33. The first kappa shape index (κ1) is 40.3. The molecule has 0 saturated carbocycles. The van der Waals surface area contributed by atoms with Crippen molar-refractivity contribution in [3.8, 4) is 11.4 Å². The van der Waals surface area contributed by atoms with Crippen LogP contribution >= 0.6 is 45.8 Å². The molecule has 0 amide bonds. The normalized spacial score (nSPS) is 10.8. The van der Waals surface area contributed by atoms with E-state index in [2.05, 4.69) is 40.5 Å². The molecule has 0 aliphatic heterocycles. The van der Waals surface area contributed by atoms with Gasteiger partial charge in [0.15, 0.2) is 43.6 Å². The number of aromatic nitrogens is 8. The molecule has 0 atom stereocenters. The van der Waals surface area contributed by atoms with E-state index in [1.807, 2.05) is 28.7 Å². The minimum absolute atomic E-state index is 0.189. The van der Waals surface area contributed by atoms with E-state index in [0.29, 0.717) is 53.1 Å². The topological polar surface area (TPSA) is 152 Å². The molecule has 284 valence electrons. The lowest BCUT2D eigenvalue weighted by Crippen LogP contribution is -2.30. The smallest absolute Gasteiger partial charge is 0.423 e. The first-order chi connectivity index (χ1) is 26.8. The van der Waals surface area contributed by atoms with Gasteiger partial charge in [0.25, 0.3) is 0 Å². The van der Waals surface area contributed by atoms with Gasteiger partial charge in [-0.05, 0) is 42.5 Å². The molecule has 0 aliphatic carbocycles. The second-order valence-corrected chi connectivity index (χ2v) is 13.4. The highest BCUT2D eigenvalue weighted by atomic mass is 127. The Labute approximate surface area is 339 Å². The Morgan fingerprint density at radius 1 is 0.607 bits per heavy atom. The number of aryl methyl sites for hydroxylation is 2. The van der Waals surface area contributed by atoms with E-state index in [1.54, 1.807) is 78.3 Å². The van der Waals surface area contributed by atoms with Crippen LogP contribution in [0.2, 0.25) is 10.0 Å². The predicted octanol–water partition coefficient (Wildman–Crippen LogP) is 7.72. The number of hydrogen-bond donors (Lipinski definition) is 4. The Hall–Kier alpha value is -5.41. The van der Waals surface area contributed by atoms with Gasteiger partial charge in [0, 0.05) is 52.7 Å². The Kier molecular flexibility index (Phi) is 12.6. The number of rotatable bonds is 6. The van der Waals surface area contributed by atoms with Gasteiger partial charge in [0.05, 0.1) is 17.7 Å². The SMILES string of the molecule is Cn1cnc2c(Nc3c(F)cccc3F)nc(-c3ccccc3Cl)nc21.Cn1cnc2c(Nc3c(F)cccc3F)nc(I)nc21.OB(O)c1ccccc1Cl. The molecule has 0 unspecified atom stereocenters. The van der Waals surface area contributed by atoms with Gasteiger partial charge in [-0.15, -0.1) is 0 Å². The minimum atomic E-state index is -1.48. The van der Waals surface area contributed by atoms with Gasteiger partial charge in [-0.2, -0.15) is 0 Å². The molecule has 56 heavy (non-hydrogen) atoms. The number of hydrogen-bond acceptors (Lipinski definition) is 10. The molecule has 0 radical (unpaired) electrons. The summed E-state index contributed by atoms with van der Waals surface area (Å²) in [5, 5.41) is 23.6. The molecular weight excluding hydrogens is 889 g/mol. The van der Waals surface area contributed by atoms with Crippen molar-refractivity contribution in [2.75, 3.05) is 10.6 Å². The average molecular weight is 915 g/mol. The maximum absolute atomic E-state index is 14.0. The van der Waals surface area contributed by atoms with Crippen LogP contribution in [-0.4, -0.2) is 56.2 Å². The van der Waals surface area contributed by atoms with E-state index in [4.69, 9.17) is 33.2 Å². The van der Waals surface area contributed by atoms with Crippen LogP contribution in [0.5, 0.6) is 0 Å². The van der Waals surface area contributed by atoms with Crippen LogP contribution in [0.1, 0.15) is 0 Å². The summed E-state index contributed by atoms with van der Waals surface area (Å²) in [4.78, 5) is 25.6. The third kappa shape index (κ3) is 9.00. The van der Waals surface area contributed by atoms with E-state index in [1.165, 1.54) is 24.3 Å². The van der Waals surface area contributed by atoms with Gasteiger partial charge in [-0.25, -0.2) is 47.5 Å². The molecule has 4 heterocycles. The van der Waals surface area contributed by atoms with Crippen molar-refractivity contribution in [2.24, 2.45) is 14.1 Å². The molecule has 8 rings (SSSR count). The number of nitrogens with one attached hydrogen (secondary N) is 2. The van der Waals surface area contributed by atoms with Crippen molar-refractivity contribution in [1.29, 1.82) is 0 Å². The zero-order valence-electron chi connectivity index (χ0n) is 28.9. The largest absolute Gasteiger partial charge is 0.489 e. The van der Waals surface area contributed by atoms with Gasteiger partial charge in [0.2, 0.25) is 0 Å². The molecule has 0 spiro atoms. The summed E-state index contributed by atoms with van der Waals surface area (Å²) >= 11 is 13.8. The van der Waals surface area contributed by atoms with E-state index >= 15 is 0 Å². The Morgan fingerprint density at radius 2 is 1.07 bits per heavy atom. The summed E-state index contributed by atoms with van der Waals surface area (Å²) in [6.07, 6.45) is 3.12. The molecule has 0 bridgehead atoms. The van der Waals surface area contributed by atoms with Crippen LogP contribution in [0.3, 0.4) is 0 Å². The number of imidazole rings is 2. The van der Waals surface area contributed by atoms with Crippen molar-refractivity contribution in [2.45, 2.75) is 0 Å². The van der Waals surface area contributed by atoms with Crippen LogP contribution in [0.25, 0.3) is 33.7 Å². The molecular formula is C36H26BCl2F4IN10O2. The molecule has 4 aromatic heterocycles. The average Bonchev–Trinajstić information content (AvgIpc) is 3.73. The van der Waals surface area contributed by atoms with Gasteiger partial charge in [-0.3, -0.25) is 0 Å². The fourth-order valence-electron chi connectivity index (χ4n) is 5.08. The maximum Gasteiger partial charge on any atom is 0.489 e. The number of fused-ring (bicyclic) bond motifs is 2. The summed E-state index contributed by atoms with van der Waals surface area (Å²) in [6, 6.07) is 21.0. The quantitative estimate of drug-likeness (QED) is 0.0565. The molecule has 4 aromatic carbocycles. The molecule has 0 fully saturated rings. The lowest BCUT2D eigenvalue weighted by molar-refractivity contribution is 0.426. The van der Waals surface area contributed by atoms with E-state index < -0.39 is 30.4 Å². The second-order valence-electron chi connectivity index (χ2n) is 11.6. The zero-order valence-corrected chi connectivity index (χ0v) is 32.6. The number of nitrogens with zero attached hydrogens (tertiary/aromatic N) is 8. The van der Waals surface area contributed by atoms with Crippen molar-refractivity contribution in [3.05, 3.63) is 135 Å². The lowest BCUT2D eigenvalue weighted by atomic mass is 9.80. The fraction of sp³-hybridized carbons (Fsp3) is 0.0556. The van der Waals surface area contributed by atoms with Crippen LogP contribution in [0.4, 0.5) is 40.6 Å². The molecule has 0 aliphatic rings. The van der Waals surface area contributed by atoms with Crippen LogP contribution in [0.15, 0.2) is 97.6 Å². The number of para-hydroxylation sites is 2. The van der Waals surface area contributed by atoms with Gasteiger partial charge >= 0.3 is 7.12 Å². The van der Waals surface area contributed by atoms with E-state index in [-0.39, 0.29) is 23.0 Å². The van der Waals surface area contributed by atoms with Crippen LogP contribution in [0, 0.1) is 27.1 Å². The fourth-order valence-corrected chi connectivity index (χ4v) is 6.00. The standard InChI is InChI=1S/C18H12ClF2N5.C12H8F2IN5.C6H6BClO2/c1-26-9-22-15-17(23-14-12(20)7-4-8-13(14)21)24-16(25-18(15)26)10-5-2-3-6-11(10)19;1-20-5-16-9-10(18-12(15)19-11(9)20)17-8-6(13)3-2-4-7(8)14;8-6-4-2-1-3-5(6)7(9)10/h2-9H,1H3,(H,23,24,25);2-5H,1H3,(H,17,18,19);1-4,9-10H. The third-order valence-electron chi connectivity index (χ3n) is 7.80. The Morgan fingerprint density at radius 3 is 1.55 bits per heavy atom. The van der Waals surface area contributed by atoms with Crippen molar-refractivity contribution in [3.63, 3.8) is 0 Å². The molecule has 20 heteroatoms. The van der Waals surface area contributed by atoms with E-state index in [0.717, 1.165) is 12.1 Å². The highest BCUT2D eigenvalue weighted by Crippen LogP contribution is 2.31. The van der Waals surface area contributed by atoms with Crippen LogP contribution in [-0.2, 0) is 14.1 Å². The monoisotopic (exact) mass is 914 g/mol. The first-order valence-electron chi connectivity index (χ1n) is 16.1. The summed E-state index contributed by atoms with van der Waals surface area (Å²) in [6.45, 7) is 0. The van der Waals surface area contributed by atoms with Crippen molar-refractivity contribution in [1.82, 2.24) is 39.0 Å². The van der Waals surface area contributed by atoms with Gasteiger partial charge < -0.3 is 29.8 Å². The minimum Gasteiger partial charge on any atom is -0.423 e. The van der Waals surface area contributed by atoms with Crippen molar-refractivity contribution >= 4 is 104 Å². The second kappa shape index (κ2) is 17.6. The zero-order chi connectivity index (χ0) is 40.1. The van der Waals surface area contributed by atoms with Crippen LogP contribution < -0.4 is 16.1 Å². The highest BCUT2D eigenvalue weighted by Gasteiger charge is 2.19. The molecule has 8 aromatic rings. The lowest BCUT2D eigenvalue weighted by Gasteiger charge is -2.11. The summed E-state index contributed by atoms with van der Waals surface area (Å²) in [7, 11) is 2.08. The van der Waals surface area contributed by atoms with Gasteiger partial charge in [-0.1, -0.05) is 65.7 Å². The summed E-state index contributed by atoms with van der Waals surface area (Å²) in [5.74, 6) is -2.06. The third-order valence-corrected chi connectivity index (χ3v) is 8.96. The Balaban J connectivity index is 0.000000156. The number of anilines is 4. The highest BCUT2D eigenvalue weighted by molar-refractivity contribution is 14.1. The molecule has 4 N–H and O–H groups in total. The first-order valence-corrected chi connectivity index (χ1v) is 18.0. The number of halogens is 7. The predicted molar refractivity (Wildman–Crippen MR) is 216 cm³/mol. The van der Waals surface area contributed by atoms with E-state index in [9.17, 15) is 17.6 Å². The summed E-state index contributed by atoms with van der Waals surface area (Å²) < 4.78 is 59.3. The van der Waals surface area contributed by atoms with Crippen molar-refractivity contribution < 1.29 is 27.6 Å².